The molecule has 27 heavy (non-hydrogen) atoms. The molecule has 1 amide bonds. The number of benzene rings is 1. The van der Waals surface area contributed by atoms with Crippen LogP contribution in [-0.4, -0.2) is 47.8 Å². The molecular weight excluding hydrogens is 340 g/mol. The van der Waals surface area contributed by atoms with Gasteiger partial charge in [0.2, 0.25) is 0 Å². The van der Waals surface area contributed by atoms with Gasteiger partial charge in [-0.1, -0.05) is 12.1 Å². The van der Waals surface area contributed by atoms with Gasteiger partial charge in [0.1, 0.15) is 17.4 Å². The van der Waals surface area contributed by atoms with Crippen molar-refractivity contribution in [3.05, 3.63) is 48.3 Å². The molecule has 1 saturated heterocycles. The SMILES string of the molecule is CC(C)(C)OC(=O)N1CCN(c2ccc(-c3ccc(C#N)nc3)cc2)CC1. The molecule has 1 aromatic carbocycles. The molecule has 1 aliphatic rings. The molecule has 6 heteroatoms. The second-order valence-electron chi connectivity index (χ2n) is 7.55. The van der Waals surface area contributed by atoms with E-state index >= 15 is 0 Å². The third-order valence-corrected chi connectivity index (χ3v) is 4.38. The molecule has 0 spiro atoms. The number of piperazine rings is 1. The van der Waals surface area contributed by atoms with E-state index in [0.29, 0.717) is 18.8 Å². The van der Waals surface area contributed by atoms with E-state index in [4.69, 9.17) is 10.00 Å². The summed E-state index contributed by atoms with van der Waals surface area (Å²) in [5.41, 5.74) is 3.12. The van der Waals surface area contributed by atoms with E-state index in [9.17, 15) is 4.79 Å². The van der Waals surface area contributed by atoms with Crippen LogP contribution in [-0.2, 0) is 4.74 Å². The molecule has 0 N–H and O–H groups in total. The van der Waals surface area contributed by atoms with Crippen LogP contribution in [0.15, 0.2) is 42.6 Å². The van der Waals surface area contributed by atoms with Gasteiger partial charge in [-0.15, -0.1) is 0 Å². The quantitative estimate of drug-likeness (QED) is 0.813. The molecule has 3 rings (SSSR count). The van der Waals surface area contributed by atoms with Crippen molar-refractivity contribution in [2.45, 2.75) is 26.4 Å². The van der Waals surface area contributed by atoms with Crippen LogP contribution in [0.3, 0.4) is 0 Å². The summed E-state index contributed by atoms with van der Waals surface area (Å²) in [5, 5.41) is 8.84. The predicted molar refractivity (Wildman–Crippen MR) is 104 cm³/mol. The van der Waals surface area contributed by atoms with Gasteiger partial charge >= 0.3 is 6.09 Å². The third-order valence-electron chi connectivity index (χ3n) is 4.38. The van der Waals surface area contributed by atoms with Crippen molar-refractivity contribution in [3.63, 3.8) is 0 Å². The summed E-state index contributed by atoms with van der Waals surface area (Å²) in [5.74, 6) is 0. The van der Waals surface area contributed by atoms with Gasteiger partial charge in [-0.25, -0.2) is 9.78 Å². The molecule has 6 nitrogen and oxygen atoms in total. The molecule has 2 heterocycles. The number of amides is 1. The number of rotatable bonds is 2. The number of ether oxygens (including phenoxy) is 1. The zero-order valence-corrected chi connectivity index (χ0v) is 16.0. The number of anilines is 1. The first-order valence-electron chi connectivity index (χ1n) is 9.05. The minimum atomic E-state index is -0.468. The lowest BCUT2D eigenvalue weighted by atomic mass is 10.1. The summed E-state index contributed by atoms with van der Waals surface area (Å²) in [7, 11) is 0. The molecule has 0 atom stereocenters. The number of carbonyl (C=O) groups is 1. The highest BCUT2D eigenvalue weighted by atomic mass is 16.6. The standard InChI is InChI=1S/C21H24N4O2/c1-21(2,3)27-20(26)25-12-10-24(11-13-25)19-8-5-16(6-9-19)17-4-7-18(14-22)23-15-17/h4-9,15H,10-13H2,1-3H3. The number of nitriles is 1. The average molecular weight is 364 g/mol. The van der Waals surface area contributed by atoms with Crippen LogP contribution in [0.4, 0.5) is 10.5 Å². The summed E-state index contributed by atoms with van der Waals surface area (Å²) in [6.45, 7) is 8.49. The second-order valence-corrected chi connectivity index (χ2v) is 7.55. The molecular formula is C21H24N4O2. The molecule has 0 aliphatic carbocycles. The van der Waals surface area contributed by atoms with E-state index in [2.05, 4.69) is 34.1 Å². The molecule has 0 unspecified atom stereocenters. The second kappa shape index (κ2) is 7.67. The fraction of sp³-hybridized carbons (Fsp3) is 0.381. The monoisotopic (exact) mass is 364 g/mol. The Hall–Kier alpha value is -3.07. The summed E-state index contributed by atoms with van der Waals surface area (Å²) in [4.78, 5) is 20.3. The fourth-order valence-corrected chi connectivity index (χ4v) is 2.97. The van der Waals surface area contributed by atoms with Gasteiger partial charge in [-0.3, -0.25) is 0 Å². The zero-order chi connectivity index (χ0) is 19.4. The molecule has 2 aromatic rings. The van der Waals surface area contributed by atoms with Crippen LogP contribution in [0.2, 0.25) is 0 Å². The molecule has 0 radical (unpaired) electrons. The number of nitrogens with zero attached hydrogens (tertiary/aromatic N) is 4. The maximum atomic E-state index is 12.2. The topological polar surface area (TPSA) is 69.5 Å². The van der Waals surface area contributed by atoms with Crippen molar-refractivity contribution in [1.29, 1.82) is 5.26 Å². The number of hydrogen-bond donors (Lipinski definition) is 0. The largest absolute Gasteiger partial charge is 0.444 e. The Kier molecular flexibility index (Phi) is 5.31. The highest BCUT2D eigenvalue weighted by molar-refractivity contribution is 5.69. The van der Waals surface area contributed by atoms with E-state index < -0.39 is 5.60 Å². The Balaban J connectivity index is 1.60. The Morgan fingerprint density at radius 2 is 1.67 bits per heavy atom. The Bertz CT molecular complexity index is 824. The van der Waals surface area contributed by atoms with E-state index in [1.807, 2.05) is 32.9 Å². The molecule has 0 bridgehead atoms. The summed E-state index contributed by atoms with van der Waals surface area (Å²) < 4.78 is 5.44. The highest BCUT2D eigenvalue weighted by Crippen LogP contribution is 2.24. The number of pyridine rings is 1. The molecule has 1 fully saturated rings. The van der Waals surface area contributed by atoms with Crippen LogP contribution >= 0.6 is 0 Å². The first-order chi connectivity index (χ1) is 12.9. The highest BCUT2D eigenvalue weighted by Gasteiger charge is 2.25. The lowest BCUT2D eigenvalue weighted by Crippen LogP contribution is -2.50. The van der Waals surface area contributed by atoms with Crippen LogP contribution in [0.5, 0.6) is 0 Å². The van der Waals surface area contributed by atoms with Crippen molar-refractivity contribution in [2.75, 3.05) is 31.1 Å². The van der Waals surface area contributed by atoms with Crippen molar-refractivity contribution >= 4 is 11.8 Å². The van der Waals surface area contributed by atoms with E-state index in [1.54, 1.807) is 17.2 Å². The van der Waals surface area contributed by atoms with E-state index in [1.165, 1.54) is 0 Å². The first-order valence-corrected chi connectivity index (χ1v) is 9.05. The van der Waals surface area contributed by atoms with Crippen LogP contribution in [0, 0.1) is 11.3 Å². The van der Waals surface area contributed by atoms with Crippen LogP contribution in [0.1, 0.15) is 26.5 Å². The maximum Gasteiger partial charge on any atom is 0.410 e. The summed E-state index contributed by atoms with van der Waals surface area (Å²) in [6.07, 6.45) is 1.47. The number of hydrogen-bond acceptors (Lipinski definition) is 5. The Morgan fingerprint density at radius 1 is 1.04 bits per heavy atom. The van der Waals surface area contributed by atoms with Gasteiger partial charge in [-0.2, -0.15) is 5.26 Å². The maximum absolute atomic E-state index is 12.2. The van der Waals surface area contributed by atoms with E-state index in [-0.39, 0.29) is 6.09 Å². The van der Waals surface area contributed by atoms with Gasteiger partial charge in [0.25, 0.3) is 0 Å². The van der Waals surface area contributed by atoms with Crippen molar-refractivity contribution in [1.82, 2.24) is 9.88 Å². The normalized spacial score (nSPS) is 14.6. The fourth-order valence-electron chi connectivity index (χ4n) is 2.97. The molecule has 0 saturated carbocycles. The van der Waals surface area contributed by atoms with Crippen molar-refractivity contribution in [3.8, 4) is 17.2 Å². The van der Waals surface area contributed by atoms with Crippen LogP contribution < -0.4 is 4.90 Å². The molecule has 140 valence electrons. The van der Waals surface area contributed by atoms with Crippen molar-refractivity contribution in [2.24, 2.45) is 0 Å². The van der Waals surface area contributed by atoms with Crippen molar-refractivity contribution < 1.29 is 9.53 Å². The lowest BCUT2D eigenvalue weighted by Gasteiger charge is -2.36. The molecule has 1 aliphatic heterocycles. The smallest absolute Gasteiger partial charge is 0.410 e. The summed E-state index contributed by atoms with van der Waals surface area (Å²) >= 11 is 0. The van der Waals surface area contributed by atoms with Gasteiger partial charge in [0.05, 0.1) is 0 Å². The first kappa shape index (κ1) is 18.7. The Morgan fingerprint density at radius 3 is 2.19 bits per heavy atom. The lowest BCUT2D eigenvalue weighted by molar-refractivity contribution is 0.0240. The van der Waals surface area contributed by atoms with Gasteiger partial charge < -0.3 is 14.5 Å². The average Bonchev–Trinajstić information content (AvgIpc) is 2.67. The minimum absolute atomic E-state index is 0.245. The van der Waals surface area contributed by atoms with Gasteiger partial charge in [0.15, 0.2) is 0 Å². The summed E-state index contributed by atoms with van der Waals surface area (Å²) in [6, 6.07) is 13.9. The Labute approximate surface area is 160 Å². The van der Waals surface area contributed by atoms with Crippen LogP contribution in [0.25, 0.3) is 11.1 Å². The predicted octanol–water partition coefficient (Wildman–Crippen LogP) is 3.68. The molecule has 1 aromatic heterocycles. The number of aromatic nitrogens is 1. The van der Waals surface area contributed by atoms with Gasteiger partial charge in [0, 0.05) is 43.6 Å². The van der Waals surface area contributed by atoms with Gasteiger partial charge in [-0.05, 0) is 50.6 Å². The zero-order valence-electron chi connectivity index (χ0n) is 16.0. The van der Waals surface area contributed by atoms with E-state index in [0.717, 1.165) is 29.9 Å². The number of carbonyl (C=O) groups excluding carboxylic acids is 1. The minimum Gasteiger partial charge on any atom is -0.444 e. The third kappa shape index (κ3) is 4.76.